The van der Waals surface area contributed by atoms with E-state index in [4.69, 9.17) is 0 Å². The largest absolute Gasteiger partial charge is 0.393 e. The summed E-state index contributed by atoms with van der Waals surface area (Å²) in [5, 5.41) is 10.2. The third kappa shape index (κ3) is 1.55. The normalized spacial score (nSPS) is 46.5. The van der Waals surface area contributed by atoms with Crippen LogP contribution in [0.15, 0.2) is 12.7 Å². The van der Waals surface area contributed by atoms with Crippen LogP contribution >= 0.6 is 0 Å². The molecule has 1 N–H and O–H groups in total. The molecule has 5 atom stereocenters. The van der Waals surface area contributed by atoms with Crippen LogP contribution in [0.25, 0.3) is 0 Å². The molecule has 0 aromatic heterocycles. The molecule has 16 heavy (non-hydrogen) atoms. The summed E-state index contributed by atoms with van der Waals surface area (Å²) in [6.07, 6.45) is 3.01. The zero-order valence-corrected chi connectivity index (χ0v) is 10.4. The highest BCUT2D eigenvalue weighted by Gasteiger charge is 2.56. The molecule has 2 fully saturated rings. The van der Waals surface area contributed by atoms with E-state index in [1.54, 1.807) is 0 Å². The van der Waals surface area contributed by atoms with Crippen LogP contribution in [0.1, 0.15) is 33.6 Å². The molecule has 0 amide bonds. The first-order chi connectivity index (χ1) is 7.38. The van der Waals surface area contributed by atoms with Gasteiger partial charge in [0.25, 0.3) is 0 Å². The number of Topliss-reactive ketones (excluding diaryl/α,β-unsaturated/α-hetero) is 1. The zero-order valence-electron chi connectivity index (χ0n) is 10.4. The Morgan fingerprint density at radius 1 is 1.50 bits per heavy atom. The molecule has 2 aliphatic carbocycles. The monoisotopic (exact) mass is 222 g/mol. The molecule has 0 aliphatic heterocycles. The Kier molecular flexibility index (Phi) is 2.73. The van der Waals surface area contributed by atoms with Crippen molar-refractivity contribution in [1.82, 2.24) is 0 Å². The minimum atomic E-state index is -0.322. The summed E-state index contributed by atoms with van der Waals surface area (Å²) in [5.74, 6) is 1.07. The molecule has 2 rings (SSSR count). The Morgan fingerprint density at radius 2 is 2.12 bits per heavy atom. The quantitative estimate of drug-likeness (QED) is 0.692. The van der Waals surface area contributed by atoms with Crippen molar-refractivity contribution in [3.05, 3.63) is 12.7 Å². The first kappa shape index (κ1) is 11.8. The molecular formula is C14H22O2. The van der Waals surface area contributed by atoms with E-state index in [1.165, 1.54) is 0 Å². The maximum Gasteiger partial charge on any atom is 0.137 e. The fourth-order valence-corrected chi connectivity index (χ4v) is 4.00. The van der Waals surface area contributed by atoms with Crippen molar-refractivity contribution in [3.63, 3.8) is 0 Å². The number of fused-ring (bicyclic) bond motifs is 1. The molecule has 0 aromatic carbocycles. The van der Waals surface area contributed by atoms with Crippen molar-refractivity contribution < 1.29 is 9.90 Å². The Labute approximate surface area is 97.7 Å². The number of ketones is 1. The van der Waals surface area contributed by atoms with Gasteiger partial charge in [-0.15, -0.1) is 6.58 Å². The van der Waals surface area contributed by atoms with Gasteiger partial charge in [-0.1, -0.05) is 26.8 Å². The number of aliphatic hydroxyl groups excluding tert-OH is 1. The van der Waals surface area contributed by atoms with Crippen molar-refractivity contribution in [2.24, 2.45) is 29.1 Å². The maximum atomic E-state index is 12.1. The Balaban J connectivity index is 2.38. The van der Waals surface area contributed by atoms with Gasteiger partial charge in [0, 0.05) is 18.3 Å². The van der Waals surface area contributed by atoms with Gasteiger partial charge < -0.3 is 5.11 Å². The van der Waals surface area contributed by atoms with E-state index in [-0.39, 0.29) is 29.3 Å². The second-order valence-corrected chi connectivity index (χ2v) is 6.28. The molecule has 0 saturated heterocycles. The second kappa shape index (κ2) is 3.69. The molecule has 2 saturated carbocycles. The van der Waals surface area contributed by atoms with Crippen LogP contribution in [-0.4, -0.2) is 17.0 Å². The summed E-state index contributed by atoms with van der Waals surface area (Å²) in [6, 6.07) is 0. The Morgan fingerprint density at radius 3 is 2.69 bits per heavy atom. The highest BCUT2D eigenvalue weighted by Crippen LogP contribution is 2.54. The smallest absolute Gasteiger partial charge is 0.137 e. The van der Waals surface area contributed by atoms with Crippen molar-refractivity contribution in [2.75, 3.05) is 0 Å². The molecular weight excluding hydrogens is 200 g/mol. The highest BCUT2D eigenvalue weighted by molar-refractivity contribution is 5.85. The average molecular weight is 222 g/mol. The van der Waals surface area contributed by atoms with E-state index in [0.29, 0.717) is 18.1 Å². The van der Waals surface area contributed by atoms with Gasteiger partial charge >= 0.3 is 0 Å². The molecule has 2 aliphatic rings. The van der Waals surface area contributed by atoms with E-state index >= 15 is 0 Å². The minimum Gasteiger partial charge on any atom is -0.393 e. The van der Waals surface area contributed by atoms with Crippen LogP contribution in [0, 0.1) is 29.1 Å². The lowest BCUT2D eigenvalue weighted by molar-refractivity contribution is -0.126. The van der Waals surface area contributed by atoms with Crippen molar-refractivity contribution in [1.29, 1.82) is 0 Å². The second-order valence-electron chi connectivity index (χ2n) is 6.28. The van der Waals surface area contributed by atoms with Crippen molar-refractivity contribution in [3.8, 4) is 0 Å². The summed E-state index contributed by atoms with van der Waals surface area (Å²) in [5.41, 5.74) is -0.0530. The molecule has 0 unspecified atom stereocenters. The number of allylic oxidation sites excluding steroid dienone is 1. The molecule has 90 valence electrons. The van der Waals surface area contributed by atoms with Crippen molar-refractivity contribution in [2.45, 2.75) is 39.7 Å². The first-order valence-corrected chi connectivity index (χ1v) is 6.22. The summed E-state index contributed by atoms with van der Waals surface area (Å²) >= 11 is 0. The molecule has 0 bridgehead atoms. The molecule has 2 nitrogen and oxygen atoms in total. The summed E-state index contributed by atoms with van der Waals surface area (Å²) in [7, 11) is 0. The van der Waals surface area contributed by atoms with Crippen LogP contribution in [0.4, 0.5) is 0 Å². The third-order valence-corrected chi connectivity index (χ3v) is 4.66. The van der Waals surface area contributed by atoms with E-state index in [2.05, 4.69) is 27.4 Å². The van der Waals surface area contributed by atoms with E-state index < -0.39 is 0 Å². The standard InChI is InChI=1S/C14H22O2/c1-5-9-8(2)6-10(15)13-12(9)11(16)7-14(13,3)4/h5,8-10,12-13,15H,1,6-7H2,2-4H3/t8-,9+,10-,12-,13-/m1/s1. The highest BCUT2D eigenvalue weighted by atomic mass is 16.3. The fourth-order valence-electron chi connectivity index (χ4n) is 4.00. The lowest BCUT2D eigenvalue weighted by Crippen LogP contribution is -2.44. The SMILES string of the molecule is C=C[C@@H]1[C@@H]2C(=O)CC(C)(C)[C@@H]2[C@H](O)C[C@H]1C. The lowest BCUT2D eigenvalue weighted by Gasteiger charge is -2.43. The number of rotatable bonds is 1. The van der Waals surface area contributed by atoms with Gasteiger partial charge in [-0.2, -0.15) is 0 Å². The van der Waals surface area contributed by atoms with Gasteiger partial charge in [-0.05, 0) is 23.7 Å². The van der Waals surface area contributed by atoms with Crippen LogP contribution in [0.2, 0.25) is 0 Å². The maximum absolute atomic E-state index is 12.1. The molecule has 0 heterocycles. The van der Waals surface area contributed by atoms with Crippen LogP contribution in [0.3, 0.4) is 0 Å². The molecule has 0 spiro atoms. The third-order valence-electron chi connectivity index (χ3n) is 4.66. The zero-order chi connectivity index (χ0) is 12.1. The van der Waals surface area contributed by atoms with Crippen LogP contribution in [-0.2, 0) is 4.79 Å². The van der Waals surface area contributed by atoms with Gasteiger partial charge in [0.1, 0.15) is 5.78 Å². The predicted octanol–water partition coefficient (Wildman–Crippen LogP) is 2.42. The number of carbonyl (C=O) groups excluding carboxylic acids is 1. The first-order valence-electron chi connectivity index (χ1n) is 6.22. The van der Waals surface area contributed by atoms with Crippen molar-refractivity contribution >= 4 is 5.78 Å². The summed E-state index contributed by atoms with van der Waals surface area (Å²) in [4.78, 5) is 12.1. The molecule has 0 aromatic rings. The van der Waals surface area contributed by atoms with Crippen LogP contribution < -0.4 is 0 Å². The number of hydrogen-bond acceptors (Lipinski definition) is 2. The van der Waals surface area contributed by atoms with Crippen LogP contribution in [0.5, 0.6) is 0 Å². The number of aliphatic hydroxyl groups is 1. The predicted molar refractivity (Wildman–Crippen MR) is 63.9 cm³/mol. The lowest BCUT2D eigenvalue weighted by atomic mass is 9.62. The van der Waals surface area contributed by atoms with E-state index in [0.717, 1.165) is 6.42 Å². The van der Waals surface area contributed by atoms with E-state index in [1.807, 2.05) is 6.08 Å². The van der Waals surface area contributed by atoms with Gasteiger partial charge in [-0.25, -0.2) is 0 Å². The van der Waals surface area contributed by atoms with Gasteiger partial charge in [0.15, 0.2) is 0 Å². The Hall–Kier alpha value is -0.630. The summed E-state index contributed by atoms with van der Waals surface area (Å²) in [6.45, 7) is 10.2. The Bertz CT molecular complexity index is 319. The number of hydrogen-bond donors (Lipinski definition) is 1. The fraction of sp³-hybridized carbons (Fsp3) is 0.786. The minimum absolute atomic E-state index is 0.00579. The number of carbonyl (C=O) groups is 1. The average Bonchev–Trinajstić information content (AvgIpc) is 2.37. The molecule has 2 heteroatoms. The van der Waals surface area contributed by atoms with Gasteiger partial charge in [0.05, 0.1) is 6.10 Å². The molecule has 0 radical (unpaired) electrons. The summed E-state index contributed by atoms with van der Waals surface area (Å²) < 4.78 is 0. The topological polar surface area (TPSA) is 37.3 Å². The van der Waals surface area contributed by atoms with E-state index in [9.17, 15) is 9.90 Å². The van der Waals surface area contributed by atoms with Gasteiger partial charge in [-0.3, -0.25) is 4.79 Å². The van der Waals surface area contributed by atoms with Gasteiger partial charge in [0.2, 0.25) is 0 Å².